The summed E-state index contributed by atoms with van der Waals surface area (Å²) in [4.78, 5) is 27.3. The number of pyridine rings is 1. The molecule has 0 spiro atoms. The van der Waals surface area contributed by atoms with Crippen molar-refractivity contribution in [1.82, 2.24) is 4.98 Å². The predicted molar refractivity (Wildman–Crippen MR) is 74.4 cm³/mol. The molecule has 0 aliphatic carbocycles. The lowest BCUT2D eigenvalue weighted by Crippen LogP contribution is -2.24. The number of aromatic nitrogens is 1. The maximum atomic E-state index is 11.6. The van der Waals surface area contributed by atoms with E-state index in [1.165, 1.54) is 6.20 Å². The Hall–Kier alpha value is -1.91. The van der Waals surface area contributed by atoms with Gasteiger partial charge in [0.15, 0.2) is 0 Å². The van der Waals surface area contributed by atoms with E-state index in [1.807, 2.05) is 20.8 Å². The lowest BCUT2D eigenvalue weighted by Gasteiger charge is -2.19. The zero-order chi connectivity index (χ0) is 15.2. The number of carbonyl (C=O) groups is 2. The molecule has 0 bridgehead atoms. The van der Waals surface area contributed by atoms with E-state index in [0.29, 0.717) is 24.3 Å². The van der Waals surface area contributed by atoms with E-state index in [4.69, 9.17) is 9.47 Å². The van der Waals surface area contributed by atoms with E-state index >= 15 is 0 Å². The number of hydrogen-bond acceptors (Lipinski definition) is 5. The second-order valence-corrected chi connectivity index (χ2v) is 5.34. The van der Waals surface area contributed by atoms with Gasteiger partial charge in [-0.05, 0) is 39.8 Å². The number of esters is 2. The minimum Gasteiger partial charge on any atom is -0.462 e. The number of ether oxygens (including phenoxy) is 2. The number of hydrogen-bond donors (Lipinski definition) is 0. The largest absolute Gasteiger partial charge is 0.462 e. The molecule has 20 heavy (non-hydrogen) atoms. The summed E-state index contributed by atoms with van der Waals surface area (Å²) in [6.07, 6.45) is 2.20. The molecule has 1 heterocycles. The molecule has 0 atom stereocenters. The van der Waals surface area contributed by atoms with Gasteiger partial charge < -0.3 is 9.47 Å². The third kappa shape index (κ3) is 5.82. The van der Waals surface area contributed by atoms with E-state index in [1.54, 1.807) is 19.1 Å². The fourth-order valence-corrected chi connectivity index (χ4v) is 1.58. The molecular weight excluding hydrogens is 258 g/mol. The van der Waals surface area contributed by atoms with Crippen molar-refractivity contribution in [2.45, 2.75) is 46.1 Å². The van der Waals surface area contributed by atoms with Crippen molar-refractivity contribution in [1.29, 1.82) is 0 Å². The molecule has 0 amide bonds. The highest BCUT2D eigenvalue weighted by Crippen LogP contribution is 2.11. The normalized spacial score (nSPS) is 11.0. The summed E-state index contributed by atoms with van der Waals surface area (Å²) in [5.74, 6) is -0.658. The Balaban J connectivity index is 2.59. The van der Waals surface area contributed by atoms with Crippen molar-refractivity contribution in [3.63, 3.8) is 0 Å². The minimum absolute atomic E-state index is 0.233. The summed E-state index contributed by atoms with van der Waals surface area (Å²) < 4.78 is 10.1. The van der Waals surface area contributed by atoms with Gasteiger partial charge in [0.1, 0.15) is 5.60 Å². The first-order valence-corrected chi connectivity index (χ1v) is 6.65. The van der Waals surface area contributed by atoms with Gasteiger partial charge in [0.25, 0.3) is 0 Å². The zero-order valence-corrected chi connectivity index (χ0v) is 12.4. The molecule has 0 aliphatic rings. The van der Waals surface area contributed by atoms with Crippen LogP contribution in [0.15, 0.2) is 18.3 Å². The summed E-state index contributed by atoms with van der Waals surface area (Å²) in [6, 6.07) is 3.23. The van der Waals surface area contributed by atoms with Crippen LogP contribution in [0.2, 0.25) is 0 Å². The molecule has 0 fully saturated rings. The van der Waals surface area contributed by atoms with Crippen LogP contribution in [0.5, 0.6) is 0 Å². The highest BCUT2D eigenvalue weighted by molar-refractivity contribution is 5.89. The van der Waals surface area contributed by atoms with Crippen molar-refractivity contribution < 1.29 is 19.1 Å². The summed E-state index contributed by atoms with van der Waals surface area (Å²) >= 11 is 0. The monoisotopic (exact) mass is 279 g/mol. The Morgan fingerprint density at radius 1 is 1.30 bits per heavy atom. The van der Waals surface area contributed by atoms with Gasteiger partial charge in [-0.15, -0.1) is 0 Å². The smallest absolute Gasteiger partial charge is 0.338 e. The van der Waals surface area contributed by atoms with Gasteiger partial charge in [0.2, 0.25) is 0 Å². The van der Waals surface area contributed by atoms with E-state index in [0.717, 1.165) is 0 Å². The number of carbonyl (C=O) groups excluding carboxylic acids is 2. The van der Waals surface area contributed by atoms with Gasteiger partial charge >= 0.3 is 11.9 Å². The number of aryl methyl sites for hydroxylation is 1. The van der Waals surface area contributed by atoms with Crippen LogP contribution < -0.4 is 0 Å². The van der Waals surface area contributed by atoms with E-state index in [-0.39, 0.29) is 18.4 Å². The highest BCUT2D eigenvalue weighted by Gasteiger charge is 2.16. The molecule has 1 rings (SSSR count). The Bertz CT molecular complexity index is 477. The molecule has 5 heteroatoms. The Kier molecular flexibility index (Phi) is 5.67. The molecule has 1 aromatic rings. The Morgan fingerprint density at radius 3 is 2.60 bits per heavy atom. The molecule has 0 saturated heterocycles. The average Bonchev–Trinajstić information content (AvgIpc) is 2.35. The van der Waals surface area contributed by atoms with Gasteiger partial charge in [-0.2, -0.15) is 0 Å². The maximum Gasteiger partial charge on any atom is 0.338 e. The van der Waals surface area contributed by atoms with Crippen molar-refractivity contribution in [3.05, 3.63) is 29.6 Å². The number of rotatable bonds is 5. The summed E-state index contributed by atoms with van der Waals surface area (Å²) in [5, 5.41) is 0. The highest BCUT2D eigenvalue weighted by atomic mass is 16.6. The van der Waals surface area contributed by atoms with E-state index in [2.05, 4.69) is 4.98 Å². The topological polar surface area (TPSA) is 65.5 Å². The van der Waals surface area contributed by atoms with Crippen LogP contribution >= 0.6 is 0 Å². The third-order valence-corrected chi connectivity index (χ3v) is 2.33. The van der Waals surface area contributed by atoms with Crippen LogP contribution in [0.4, 0.5) is 0 Å². The first-order chi connectivity index (χ1) is 9.31. The molecule has 0 N–H and O–H groups in total. The van der Waals surface area contributed by atoms with Crippen molar-refractivity contribution in [2.75, 3.05) is 6.61 Å². The van der Waals surface area contributed by atoms with Crippen LogP contribution in [0.1, 0.15) is 50.2 Å². The maximum absolute atomic E-state index is 11.6. The minimum atomic E-state index is -0.489. The van der Waals surface area contributed by atoms with Crippen LogP contribution in [-0.2, 0) is 20.7 Å². The Labute approximate surface area is 119 Å². The fraction of sp³-hybridized carbons (Fsp3) is 0.533. The summed E-state index contributed by atoms with van der Waals surface area (Å²) in [5.41, 5.74) is 0.625. The van der Waals surface area contributed by atoms with Crippen molar-refractivity contribution in [3.8, 4) is 0 Å². The summed E-state index contributed by atoms with van der Waals surface area (Å²) in [7, 11) is 0. The second-order valence-electron chi connectivity index (χ2n) is 5.34. The first kappa shape index (κ1) is 16.1. The molecule has 5 nitrogen and oxygen atoms in total. The van der Waals surface area contributed by atoms with E-state index < -0.39 is 5.60 Å². The SMILES string of the molecule is CCOC(=O)c1ccnc(CCC(=O)OC(C)(C)C)c1. The molecule has 0 aromatic carbocycles. The molecule has 110 valence electrons. The van der Waals surface area contributed by atoms with Crippen molar-refractivity contribution >= 4 is 11.9 Å². The average molecular weight is 279 g/mol. The molecule has 0 aliphatic heterocycles. The van der Waals surface area contributed by atoms with Gasteiger partial charge in [0.05, 0.1) is 18.6 Å². The second kappa shape index (κ2) is 7.03. The van der Waals surface area contributed by atoms with Gasteiger partial charge in [-0.25, -0.2) is 4.79 Å². The predicted octanol–water partition coefficient (Wildman–Crippen LogP) is 2.53. The van der Waals surface area contributed by atoms with E-state index in [9.17, 15) is 9.59 Å². The molecular formula is C15H21NO4. The van der Waals surface area contributed by atoms with Crippen LogP contribution in [0.3, 0.4) is 0 Å². The van der Waals surface area contributed by atoms with Crippen LogP contribution in [0, 0.1) is 0 Å². The lowest BCUT2D eigenvalue weighted by atomic mass is 10.1. The fourth-order valence-electron chi connectivity index (χ4n) is 1.58. The third-order valence-electron chi connectivity index (χ3n) is 2.33. The Morgan fingerprint density at radius 2 is 2.00 bits per heavy atom. The van der Waals surface area contributed by atoms with Gasteiger partial charge in [0, 0.05) is 18.3 Å². The van der Waals surface area contributed by atoms with Gasteiger partial charge in [-0.1, -0.05) is 0 Å². The van der Waals surface area contributed by atoms with Crippen LogP contribution in [-0.4, -0.2) is 29.1 Å². The molecule has 0 radical (unpaired) electrons. The quantitative estimate of drug-likeness (QED) is 0.775. The first-order valence-electron chi connectivity index (χ1n) is 6.65. The molecule has 0 saturated carbocycles. The molecule has 0 unspecified atom stereocenters. The molecule has 1 aromatic heterocycles. The van der Waals surface area contributed by atoms with Crippen LogP contribution in [0.25, 0.3) is 0 Å². The van der Waals surface area contributed by atoms with Gasteiger partial charge in [-0.3, -0.25) is 9.78 Å². The standard InChI is InChI=1S/C15H21NO4/c1-5-19-14(18)11-8-9-16-12(10-11)6-7-13(17)20-15(2,3)4/h8-10H,5-7H2,1-4H3. The lowest BCUT2D eigenvalue weighted by molar-refractivity contribution is -0.154. The zero-order valence-electron chi connectivity index (χ0n) is 12.4. The van der Waals surface area contributed by atoms with Crippen molar-refractivity contribution in [2.24, 2.45) is 0 Å². The number of nitrogens with zero attached hydrogens (tertiary/aromatic N) is 1. The summed E-state index contributed by atoms with van der Waals surface area (Å²) in [6.45, 7) is 7.55.